The minimum absolute atomic E-state index is 0.230. The molecule has 0 unspecified atom stereocenters. The Morgan fingerprint density at radius 1 is 1.32 bits per heavy atom. The molecule has 1 heterocycles. The number of unbranched alkanes of at least 4 members (excludes halogenated alkanes) is 2. The maximum absolute atomic E-state index is 13.0. The van der Waals surface area contributed by atoms with Crippen LogP contribution in [0.15, 0.2) is 24.3 Å². The standard InChI is InChI=1S/C16H19ClFN3O/c1-3-4-5-10-19-16(22)14-11(2)20-21(15(14)17)13-8-6-12(18)7-9-13/h6-9H,3-5,10H2,1-2H3,(H,19,22). The summed E-state index contributed by atoms with van der Waals surface area (Å²) in [6.45, 7) is 4.45. The van der Waals surface area contributed by atoms with Gasteiger partial charge in [-0.25, -0.2) is 9.07 Å². The van der Waals surface area contributed by atoms with Crippen LogP contribution in [0.3, 0.4) is 0 Å². The van der Waals surface area contributed by atoms with Crippen molar-refractivity contribution in [1.29, 1.82) is 0 Å². The van der Waals surface area contributed by atoms with Crippen LogP contribution in [0.1, 0.15) is 42.2 Å². The van der Waals surface area contributed by atoms with Gasteiger partial charge in [-0.3, -0.25) is 4.79 Å². The highest BCUT2D eigenvalue weighted by Crippen LogP contribution is 2.23. The third kappa shape index (κ3) is 3.65. The van der Waals surface area contributed by atoms with E-state index in [9.17, 15) is 9.18 Å². The van der Waals surface area contributed by atoms with Gasteiger partial charge >= 0.3 is 0 Å². The molecule has 0 saturated carbocycles. The lowest BCUT2D eigenvalue weighted by Gasteiger charge is -2.05. The first-order valence-corrected chi connectivity index (χ1v) is 7.71. The zero-order valence-electron chi connectivity index (χ0n) is 12.7. The molecule has 118 valence electrons. The maximum Gasteiger partial charge on any atom is 0.256 e. The van der Waals surface area contributed by atoms with E-state index in [1.165, 1.54) is 16.8 Å². The minimum atomic E-state index is -0.336. The van der Waals surface area contributed by atoms with E-state index in [2.05, 4.69) is 17.3 Å². The number of nitrogens with one attached hydrogen (secondary N) is 1. The molecule has 0 aliphatic heterocycles. The molecule has 1 aromatic carbocycles. The fraction of sp³-hybridized carbons (Fsp3) is 0.375. The van der Waals surface area contributed by atoms with Crippen molar-refractivity contribution in [1.82, 2.24) is 15.1 Å². The average Bonchev–Trinajstić information content (AvgIpc) is 2.79. The van der Waals surface area contributed by atoms with Crippen molar-refractivity contribution in [3.8, 4) is 5.69 Å². The van der Waals surface area contributed by atoms with E-state index < -0.39 is 0 Å². The van der Waals surface area contributed by atoms with Crippen molar-refractivity contribution in [2.24, 2.45) is 0 Å². The highest BCUT2D eigenvalue weighted by Gasteiger charge is 2.20. The topological polar surface area (TPSA) is 46.9 Å². The molecule has 0 spiro atoms. The van der Waals surface area contributed by atoms with Crippen LogP contribution in [0.25, 0.3) is 5.69 Å². The van der Waals surface area contributed by atoms with Crippen molar-refractivity contribution in [2.45, 2.75) is 33.1 Å². The minimum Gasteiger partial charge on any atom is -0.352 e. The molecule has 22 heavy (non-hydrogen) atoms. The van der Waals surface area contributed by atoms with E-state index in [1.54, 1.807) is 19.1 Å². The van der Waals surface area contributed by atoms with E-state index in [1.807, 2.05) is 0 Å². The smallest absolute Gasteiger partial charge is 0.256 e. The van der Waals surface area contributed by atoms with Gasteiger partial charge in [0, 0.05) is 6.54 Å². The predicted molar refractivity (Wildman–Crippen MR) is 85.1 cm³/mol. The first-order chi connectivity index (χ1) is 10.5. The first kappa shape index (κ1) is 16.5. The van der Waals surface area contributed by atoms with Gasteiger partial charge in [-0.15, -0.1) is 0 Å². The Kier molecular flexibility index (Phi) is 5.55. The summed E-state index contributed by atoms with van der Waals surface area (Å²) in [5.74, 6) is -0.565. The maximum atomic E-state index is 13.0. The molecule has 2 aromatic rings. The number of amides is 1. The van der Waals surface area contributed by atoms with E-state index >= 15 is 0 Å². The summed E-state index contributed by atoms with van der Waals surface area (Å²) in [5, 5.41) is 7.36. The highest BCUT2D eigenvalue weighted by molar-refractivity contribution is 6.33. The Morgan fingerprint density at radius 3 is 2.64 bits per heavy atom. The lowest BCUT2D eigenvalue weighted by Crippen LogP contribution is -2.25. The van der Waals surface area contributed by atoms with Crippen molar-refractivity contribution in [3.05, 3.63) is 46.5 Å². The second-order valence-electron chi connectivity index (χ2n) is 5.10. The predicted octanol–water partition coefficient (Wildman–Crippen LogP) is 3.89. The van der Waals surface area contributed by atoms with Gasteiger partial charge in [0.25, 0.3) is 5.91 Å². The molecule has 0 fully saturated rings. The van der Waals surface area contributed by atoms with E-state index in [-0.39, 0.29) is 16.9 Å². The summed E-state index contributed by atoms with van der Waals surface area (Å²) in [6.07, 6.45) is 3.10. The Bertz CT molecular complexity index is 652. The number of aryl methyl sites for hydroxylation is 1. The Labute approximate surface area is 134 Å². The Balaban J connectivity index is 2.20. The van der Waals surface area contributed by atoms with Gasteiger partial charge in [-0.05, 0) is 37.6 Å². The summed E-state index contributed by atoms with van der Waals surface area (Å²) in [5.41, 5.74) is 1.52. The number of halogens is 2. The fourth-order valence-electron chi connectivity index (χ4n) is 2.18. The lowest BCUT2D eigenvalue weighted by molar-refractivity contribution is 0.0952. The number of hydrogen-bond donors (Lipinski definition) is 1. The summed E-state index contributed by atoms with van der Waals surface area (Å²) < 4.78 is 14.4. The summed E-state index contributed by atoms with van der Waals surface area (Å²) >= 11 is 6.28. The van der Waals surface area contributed by atoms with Crippen LogP contribution < -0.4 is 5.32 Å². The van der Waals surface area contributed by atoms with E-state index in [0.717, 1.165) is 19.3 Å². The monoisotopic (exact) mass is 323 g/mol. The van der Waals surface area contributed by atoms with E-state index in [4.69, 9.17) is 11.6 Å². The normalized spacial score (nSPS) is 10.7. The first-order valence-electron chi connectivity index (χ1n) is 7.33. The SMILES string of the molecule is CCCCCNC(=O)c1c(C)nn(-c2ccc(F)cc2)c1Cl. The molecule has 6 heteroatoms. The number of benzene rings is 1. The molecular formula is C16H19ClFN3O. The molecule has 0 aliphatic carbocycles. The van der Waals surface area contributed by atoms with Crippen LogP contribution in [0.2, 0.25) is 5.15 Å². The molecule has 0 aliphatic rings. The van der Waals surface area contributed by atoms with Crippen molar-refractivity contribution >= 4 is 17.5 Å². The molecule has 0 radical (unpaired) electrons. The third-order valence-electron chi connectivity index (χ3n) is 3.37. The van der Waals surface area contributed by atoms with Gasteiger partial charge < -0.3 is 5.32 Å². The zero-order chi connectivity index (χ0) is 16.1. The van der Waals surface area contributed by atoms with Crippen LogP contribution in [0.5, 0.6) is 0 Å². The largest absolute Gasteiger partial charge is 0.352 e. The van der Waals surface area contributed by atoms with Crippen molar-refractivity contribution < 1.29 is 9.18 Å². The van der Waals surface area contributed by atoms with Crippen molar-refractivity contribution in [2.75, 3.05) is 6.54 Å². The summed E-state index contributed by atoms with van der Waals surface area (Å²) in [6, 6.07) is 5.79. The van der Waals surface area contributed by atoms with Crippen LogP contribution in [-0.4, -0.2) is 22.2 Å². The van der Waals surface area contributed by atoms with Gasteiger partial charge in [0.2, 0.25) is 0 Å². The van der Waals surface area contributed by atoms with Gasteiger partial charge in [0.15, 0.2) is 0 Å². The van der Waals surface area contributed by atoms with Gasteiger partial charge in [0.1, 0.15) is 11.0 Å². The Morgan fingerprint density at radius 2 is 2.00 bits per heavy atom. The second-order valence-corrected chi connectivity index (χ2v) is 5.46. The number of aromatic nitrogens is 2. The van der Waals surface area contributed by atoms with E-state index in [0.29, 0.717) is 23.5 Å². The van der Waals surface area contributed by atoms with Crippen LogP contribution in [0.4, 0.5) is 4.39 Å². The average molecular weight is 324 g/mol. The number of nitrogens with zero attached hydrogens (tertiary/aromatic N) is 2. The molecule has 1 N–H and O–H groups in total. The van der Waals surface area contributed by atoms with Gasteiger partial charge in [-0.2, -0.15) is 5.10 Å². The second kappa shape index (κ2) is 7.40. The molecule has 0 bridgehead atoms. The molecule has 1 amide bonds. The summed E-state index contributed by atoms with van der Waals surface area (Å²) in [7, 11) is 0. The van der Waals surface area contributed by atoms with Gasteiger partial charge in [-0.1, -0.05) is 31.4 Å². The van der Waals surface area contributed by atoms with Crippen LogP contribution >= 0.6 is 11.6 Å². The number of carbonyl (C=O) groups is 1. The van der Waals surface area contributed by atoms with Crippen molar-refractivity contribution in [3.63, 3.8) is 0 Å². The Hall–Kier alpha value is -1.88. The van der Waals surface area contributed by atoms with Crippen LogP contribution in [0, 0.1) is 12.7 Å². The summed E-state index contributed by atoms with van der Waals surface area (Å²) in [4.78, 5) is 12.2. The lowest BCUT2D eigenvalue weighted by atomic mass is 10.2. The molecule has 1 aromatic heterocycles. The van der Waals surface area contributed by atoms with Crippen LogP contribution in [-0.2, 0) is 0 Å². The highest BCUT2D eigenvalue weighted by atomic mass is 35.5. The fourth-order valence-corrected chi connectivity index (χ4v) is 2.53. The number of rotatable bonds is 6. The van der Waals surface area contributed by atoms with Gasteiger partial charge in [0.05, 0.1) is 16.9 Å². The molecule has 4 nitrogen and oxygen atoms in total. The molecule has 2 rings (SSSR count). The molecule has 0 atom stereocenters. The molecular weight excluding hydrogens is 305 g/mol. The number of hydrogen-bond acceptors (Lipinski definition) is 2. The molecule has 0 saturated heterocycles. The number of carbonyl (C=O) groups excluding carboxylic acids is 1. The quantitative estimate of drug-likeness (QED) is 0.820. The third-order valence-corrected chi connectivity index (χ3v) is 3.72. The zero-order valence-corrected chi connectivity index (χ0v) is 13.5.